The van der Waals surface area contributed by atoms with Gasteiger partial charge in [-0.3, -0.25) is 14.9 Å². The molecule has 0 N–H and O–H groups in total. The highest BCUT2D eigenvalue weighted by Crippen LogP contribution is 2.29. The van der Waals surface area contributed by atoms with E-state index in [-0.39, 0.29) is 23.6 Å². The summed E-state index contributed by atoms with van der Waals surface area (Å²) in [5.41, 5.74) is -0.0809. The lowest BCUT2D eigenvalue weighted by atomic mass is 10.2. The molecule has 1 rings (SSSR count). The third kappa shape index (κ3) is 3.78. The number of nitro benzene ring substituents is 1. The second-order valence-electron chi connectivity index (χ2n) is 3.87. The summed E-state index contributed by atoms with van der Waals surface area (Å²) in [6, 6.07) is 3.70. The molecule has 1 unspecified atom stereocenters. The number of hydrogen-bond donors (Lipinski definition) is 0. The van der Waals surface area contributed by atoms with Crippen LogP contribution in [-0.4, -0.2) is 29.9 Å². The summed E-state index contributed by atoms with van der Waals surface area (Å²) in [5.74, 6) is -0.722. The van der Waals surface area contributed by atoms with E-state index in [1.54, 1.807) is 13.8 Å². The number of nitrogens with zero attached hydrogens (tertiary/aromatic N) is 1. The summed E-state index contributed by atoms with van der Waals surface area (Å²) < 4.78 is 10.2. The number of carbonyl (C=O) groups excluding carboxylic acids is 2. The number of aldehydes is 1. The summed E-state index contributed by atoms with van der Waals surface area (Å²) in [7, 11) is 0. The molecule has 1 aromatic carbocycles. The van der Waals surface area contributed by atoms with Crippen LogP contribution < -0.4 is 4.74 Å². The maximum atomic E-state index is 11.6. The number of hydrogen-bond acceptors (Lipinski definition) is 6. The van der Waals surface area contributed by atoms with Crippen molar-refractivity contribution in [2.75, 3.05) is 6.61 Å². The number of ether oxygens (including phenoxy) is 2. The van der Waals surface area contributed by atoms with E-state index in [0.717, 1.165) is 6.07 Å². The van der Waals surface area contributed by atoms with Gasteiger partial charge < -0.3 is 9.47 Å². The van der Waals surface area contributed by atoms with Crippen LogP contribution in [0.3, 0.4) is 0 Å². The van der Waals surface area contributed by atoms with Gasteiger partial charge >= 0.3 is 11.7 Å². The summed E-state index contributed by atoms with van der Waals surface area (Å²) in [4.78, 5) is 32.6. The van der Waals surface area contributed by atoms with E-state index >= 15 is 0 Å². The molecule has 108 valence electrons. The minimum atomic E-state index is -0.949. The maximum absolute atomic E-state index is 11.6. The first-order chi connectivity index (χ1) is 9.53. The van der Waals surface area contributed by atoms with Crippen LogP contribution in [0.25, 0.3) is 0 Å². The SMILES string of the molecule is CCOC(=O)C(CC)Oc1cc(C=O)ccc1[N+](=O)[O-]. The van der Waals surface area contributed by atoms with Crippen molar-refractivity contribution in [2.45, 2.75) is 26.4 Å². The molecule has 0 bridgehead atoms. The van der Waals surface area contributed by atoms with Gasteiger partial charge in [0.25, 0.3) is 0 Å². The molecular weight excluding hydrogens is 266 g/mol. The van der Waals surface area contributed by atoms with E-state index in [2.05, 4.69) is 0 Å². The number of nitro groups is 1. The van der Waals surface area contributed by atoms with Gasteiger partial charge in [-0.1, -0.05) is 6.92 Å². The van der Waals surface area contributed by atoms with Crippen LogP contribution >= 0.6 is 0 Å². The average molecular weight is 281 g/mol. The quantitative estimate of drug-likeness (QED) is 0.329. The highest BCUT2D eigenvalue weighted by Gasteiger charge is 2.24. The topological polar surface area (TPSA) is 95.7 Å². The smallest absolute Gasteiger partial charge is 0.347 e. The second-order valence-corrected chi connectivity index (χ2v) is 3.87. The van der Waals surface area contributed by atoms with E-state index in [9.17, 15) is 19.7 Å². The maximum Gasteiger partial charge on any atom is 0.347 e. The lowest BCUT2D eigenvalue weighted by Gasteiger charge is -2.16. The predicted octanol–water partition coefficient (Wildman–Crippen LogP) is 2.13. The van der Waals surface area contributed by atoms with Gasteiger partial charge in [-0.2, -0.15) is 0 Å². The molecule has 0 aromatic heterocycles. The van der Waals surface area contributed by atoms with Gasteiger partial charge in [0, 0.05) is 11.6 Å². The van der Waals surface area contributed by atoms with Gasteiger partial charge in [-0.25, -0.2) is 4.79 Å². The number of rotatable bonds is 7. The molecule has 7 heteroatoms. The van der Waals surface area contributed by atoms with Crippen molar-refractivity contribution in [1.82, 2.24) is 0 Å². The van der Waals surface area contributed by atoms with Gasteiger partial charge in [-0.05, 0) is 25.5 Å². The third-order valence-corrected chi connectivity index (χ3v) is 2.51. The van der Waals surface area contributed by atoms with Crippen LogP contribution in [0.4, 0.5) is 5.69 Å². The zero-order valence-corrected chi connectivity index (χ0v) is 11.2. The lowest BCUT2D eigenvalue weighted by molar-refractivity contribution is -0.386. The van der Waals surface area contributed by atoms with Gasteiger partial charge in [0.15, 0.2) is 11.9 Å². The first-order valence-corrected chi connectivity index (χ1v) is 6.10. The fourth-order valence-corrected chi connectivity index (χ4v) is 1.54. The first-order valence-electron chi connectivity index (χ1n) is 6.10. The Hall–Kier alpha value is -2.44. The van der Waals surface area contributed by atoms with Crippen molar-refractivity contribution >= 4 is 17.9 Å². The van der Waals surface area contributed by atoms with Crippen LogP contribution in [-0.2, 0) is 9.53 Å². The minimum absolute atomic E-state index is 0.125. The first kappa shape index (κ1) is 15.6. The molecule has 0 aliphatic rings. The Morgan fingerprint density at radius 2 is 2.15 bits per heavy atom. The molecule has 0 amide bonds. The highest BCUT2D eigenvalue weighted by atomic mass is 16.6. The Bertz CT molecular complexity index is 514. The Morgan fingerprint density at radius 1 is 1.45 bits per heavy atom. The van der Waals surface area contributed by atoms with Crippen LogP contribution in [0.2, 0.25) is 0 Å². The molecule has 7 nitrogen and oxygen atoms in total. The van der Waals surface area contributed by atoms with E-state index in [1.165, 1.54) is 12.1 Å². The lowest BCUT2D eigenvalue weighted by Crippen LogP contribution is -2.29. The molecule has 0 radical (unpaired) electrons. The summed E-state index contributed by atoms with van der Waals surface area (Å²) in [5, 5.41) is 10.9. The zero-order valence-electron chi connectivity index (χ0n) is 11.2. The molecule has 0 saturated carbocycles. The molecule has 1 atom stereocenters. The van der Waals surface area contributed by atoms with E-state index in [0.29, 0.717) is 12.7 Å². The molecule has 0 aliphatic heterocycles. The zero-order chi connectivity index (χ0) is 15.1. The molecule has 0 spiro atoms. The van der Waals surface area contributed by atoms with Crippen molar-refractivity contribution in [1.29, 1.82) is 0 Å². The van der Waals surface area contributed by atoms with Crippen molar-refractivity contribution in [3.05, 3.63) is 33.9 Å². The predicted molar refractivity (Wildman–Crippen MR) is 69.8 cm³/mol. The Morgan fingerprint density at radius 3 is 2.65 bits per heavy atom. The number of carbonyl (C=O) groups is 2. The van der Waals surface area contributed by atoms with Gasteiger partial charge in [-0.15, -0.1) is 0 Å². The normalized spacial score (nSPS) is 11.5. The van der Waals surface area contributed by atoms with Gasteiger partial charge in [0.1, 0.15) is 6.29 Å². The molecule has 1 aromatic rings. The van der Waals surface area contributed by atoms with Crippen LogP contribution in [0.15, 0.2) is 18.2 Å². The van der Waals surface area contributed by atoms with Crippen LogP contribution in [0, 0.1) is 10.1 Å². The minimum Gasteiger partial charge on any atom is -0.472 e. The van der Waals surface area contributed by atoms with Crippen LogP contribution in [0.1, 0.15) is 30.6 Å². The largest absolute Gasteiger partial charge is 0.472 e. The van der Waals surface area contributed by atoms with E-state index < -0.39 is 17.0 Å². The molecule has 0 fully saturated rings. The standard InChI is InChI=1S/C13H15NO6/c1-3-11(13(16)19-4-2)20-12-7-9(8-15)5-6-10(12)14(17)18/h5-8,11H,3-4H2,1-2H3. The van der Waals surface area contributed by atoms with Crippen molar-refractivity contribution < 1.29 is 24.0 Å². The van der Waals surface area contributed by atoms with Crippen LogP contribution in [0.5, 0.6) is 5.75 Å². The molecule has 0 aliphatic carbocycles. The Kier molecular flexibility index (Phi) is 5.64. The van der Waals surface area contributed by atoms with E-state index in [1.807, 2.05) is 0 Å². The molecule has 0 heterocycles. The van der Waals surface area contributed by atoms with Crippen molar-refractivity contribution in [2.24, 2.45) is 0 Å². The number of benzene rings is 1. The second kappa shape index (κ2) is 7.22. The molecule has 20 heavy (non-hydrogen) atoms. The Balaban J connectivity index is 3.06. The number of esters is 1. The summed E-state index contributed by atoms with van der Waals surface area (Å²) >= 11 is 0. The summed E-state index contributed by atoms with van der Waals surface area (Å²) in [6.45, 7) is 3.53. The van der Waals surface area contributed by atoms with Crippen molar-refractivity contribution in [3.8, 4) is 5.75 Å². The van der Waals surface area contributed by atoms with E-state index in [4.69, 9.17) is 9.47 Å². The van der Waals surface area contributed by atoms with Gasteiger partial charge in [0.05, 0.1) is 11.5 Å². The Labute approximate surface area is 115 Å². The van der Waals surface area contributed by atoms with Gasteiger partial charge in [0.2, 0.25) is 0 Å². The third-order valence-electron chi connectivity index (χ3n) is 2.51. The monoisotopic (exact) mass is 281 g/mol. The molecular formula is C13H15NO6. The van der Waals surface area contributed by atoms with Crippen molar-refractivity contribution in [3.63, 3.8) is 0 Å². The fraction of sp³-hybridized carbons (Fsp3) is 0.385. The molecule has 0 saturated heterocycles. The summed E-state index contributed by atoms with van der Waals surface area (Å²) in [6.07, 6.45) is -0.112. The fourth-order valence-electron chi connectivity index (χ4n) is 1.54. The average Bonchev–Trinajstić information content (AvgIpc) is 2.44. The highest BCUT2D eigenvalue weighted by molar-refractivity contribution is 5.78.